The van der Waals surface area contributed by atoms with E-state index in [4.69, 9.17) is 9.73 Å². The number of pyridine rings is 1. The van der Waals surface area contributed by atoms with E-state index in [9.17, 15) is 9.18 Å². The molecule has 2 fully saturated rings. The van der Waals surface area contributed by atoms with Crippen LogP contribution in [0.5, 0.6) is 5.75 Å². The van der Waals surface area contributed by atoms with Gasteiger partial charge in [-0.3, -0.25) is 25.1 Å². The molecule has 8 heteroatoms. The minimum Gasteiger partial charge on any atom is -0.491 e. The summed E-state index contributed by atoms with van der Waals surface area (Å²) in [6, 6.07) is 18.2. The first-order valence-corrected chi connectivity index (χ1v) is 13.2. The molecular formula is C30H34FN5O2. The van der Waals surface area contributed by atoms with E-state index in [0.717, 1.165) is 37.4 Å². The number of aliphatic imine (C=N–C) groups is 1. The SMILES string of the molecule is CC(C)Oc1cccc(CN2CCC3(CC2)C(=NCCc2ccncc2)NC(=O)N3c2cccc(F)c2)c1. The van der Waals surface area contributed by atoms with E-state index in [-0.39, 0.29) is 18.0 Å². The molecule has 3 aromatic rings. The molecule has 198 valence electrons. The molecule has 3 heterocycles. The summed E-state index contributed by atoms with van der Waals surface area (Å²) in [5.41, 5.74) is 2.24. The van der Waals surface area contributed by atoms with E-state index in [1.54, 1.807) is 29.4 Å². The van der Waals surface area contributed by atoms with Gasteiger partial charge in [0.05, 0.1) is 6.10 Å². The van der Waals surface area contributed by atoms with Crippen LogP contribution >= 0.6 is 0 Å². The summed E-state index contributed by atoms with van der Waals surface area (Å²) in [6.45, 7) is 6.94. The van der Waals surface area contributed by atoms with Gasteiger partial charge in [0.15, 0.2) is 0 Å². The molecule has 1 N–H and O–H groups in total. The zero-order valence-electron chi connectivity index (χ0n) is 21.9. The number of ether oxygens (including phenoxy) is 1. The van der Waals surface area contributed by atoms with E-state index in [2.05, 4.69) is 27.3 Å². The van der Waals surface area contributed by atoms with E-state index >= 15 is 0 Å². The van der Waals surface area contributed by atoms with Crippen LogP contribution in [0.2, 0.25) is 0 Å². The number of anilines is 1. The summed E-state index contributed by atoms with van der Waals surface area (Å²) in [5, 5.41) is 3.03. The summed E-state index contributed by atoms with van der Waals surface area (Å²) in [4.78, 5) is 26.3. The molecule has 0 atom stereocenters. The van der Waals surface area contributed by atoms with Gasteiger partial charge in [-0.2, -0.15) is 0 Å². The average Bonchev–Trinajstić information content (AvgIpc) is 3.16. The number of carbonyl (C=O) groups excluding carboxylic acids is 1. The number of hydrogen-bond donors (Lipinski definition) is 1. The van der Waals surface area contributed by atoms with E-state index in [0.29, 0.717) is 30.9 Å². The second-order valence-corrected chi connectivity index (χ2v) is 10.2. The third-order valence-electron chi connectivity index (χ3n) is 7.14. The second kappa shape index (κ2) is 11.3. The van der Waals surface area contributed by atoms with Crippen molar-refractivity contribution in [2.45, 2.75) is 51.3 Å². The molecule has 0 aliphatic carbocycles. The van der Waals surface area contributed by atoms with Crippen LogP contribution in [0.25, 0.3) is 0 Å². The van der Waals surface area contributed by atoms with Gasteiger partial charge in [-0.15, -0.1) is 0 Å². The van der Waals surface area contributed by atoms with Gasteiger partial charge in [0, 0.05) is 44.3 Å². The summed E-state index contributed by atoms with van der Waals surface area (Å²) in [6.07, 6.45) is 5.80. The van der Waals surface area contributed by atoms with Gasteiger partial charge in [0.1, 0.15) is 22.9 Å². The van der Waals surface area contributed by atoms with Crippen LogP contribution < -0.4 is 15.0 Å². The molecule has 0 bridgehead atoms. The summed E-state index contributed by atoms with van der Waals surface area (Å²) in [5.74, 6) is 1.18. The number of carbonyl (C=O) groups is 1. The van der Waals surface area contributed by atoms with Gasteiger partial charge < -0.3 is 4.74 Å². The van der Waals surface area contributed by atoms with Gasteiger partial charge in [-0.25, -0.2) is 9.18 Å². The lowest BCUT2D eigenvalue weighted by Gasteiger charge is -2.43. The van der Waals surface area contributed by atoms with Crippen LogP contribution in [0.15, 0.2) is 78.0 Å². The molecule has 5 rings (SSSR count). The lowest BCUT2D eigenvalue weighted by Crippen LogP contribution is -2.56. The Bertz CT molecular complexity index is 1290. The molecule has 2 aliphatic rings. The second-order valence-electron chi connectivity index (χ2n) is 10.2. The molecular weight excluding hydrogens is 481 g/mol. The number of amides is 2. The standard InChI is InChI=1S/C30H34FN5O2/c1-22(2)38-27-8-3-5-24(19-27)21-35-17-12-30(13-18-35)28(33-16-11-23-9-14-32-15-10-23)34-29(37)36(30)26-7-4-6-25(31)20-26/h3-10,14-15,19-20,22H,11-13,16-18,21H2,1-2H3,(H,33,34,37). The first-order chi connectivity index (χ1) is 18.4. The first-order valence-electron chi connectivity index (χ1n) is 13.2. The zero-order valence-corrected chi connectivity index (χ0v) is 21.9. The maximum absolute atomic E-state index is 14.2. The minimum absolute atomic E-state index is 0.123. The van der Waals surface area contributed by atoms with Crippen LogP contribution in [0.3, 0.4) is 0 Å². The third-order valence-corrected chi connectivity index (χ3v) is 7.14. The lowest BCUT2D eigenvalue weighted by molar-refractivity contribution is 0.184. The van der Waals surface area contributed by atoms with Crippen molar-refractivity contribution in [3.63, 3.8) is 0 Å². The Morgan fingerprint density at radius 3 is 2.55 bits per heavy atom. The predicted octanol–water partition coefficient (Wildman–Crippen LogP) is 5.21. The van der Waals surface area contributed by atoms with E-state index in [1.807, 2.05) is 38.1 Å². The van der Waals surface area contributed by atoms with Crippen LogP contribution in [0, 0.1) is 5.82 Å². The Morgan fingerprint density at radius 2 is 1.82 bits per heavy atom. The Morgan fingerprint density at radius 1 is 1.05 bits per heavy atom. The van der Waals surface area contributed by atoms with Gasteiger partial charge >= 0.3 is 6.03 Å². The van der Waals surface area contributed by atoms with Crippen molar-refractivity contribution in [3.05, 3.63) is 90.0 Å². The molecule has 2 amide bonds. The maximum Gasteiger partial charge on any atom is 0.328 e. The topological polar surface area (TPSA) is 70.1 Å². The van der Waals surface area contributed by atoms with Crippen molar-refractivity contribution in [2.75, 3.05) is 24.5 Å². The molecule has 1 spiro atoms. The summed E-state index contributed by atoms with van der Waals surface area (Å²) in [7, 11) is 0. The average molecular weight is 516 g/mol. The normalized spacial score (nSPS) is 18.4. The molecule has 0 unspecified atom stereocenters. The van der Waals surface area contributed by atoms with Crippen LogP contribution in [-0.2, 0) is 13.0 Å². The van der Waals surface area contributed by atoms with E-state index in [1.165, 1.54) is 17.7 Å². The predicted molar refractivity (Wildman–Crippen MR) is 147 cm³/mol. The van der Waals surface area contributed by atoms with Gasteiger partial charge in [-0.05, 0) is 86.7 Å². The molecule has 2 saturated heterocycles. The van der Waals surface area contributed by atoms with Crippen molar-refractivity contribution in [2.24, 2.45) is 4.99 Å². The maximum atomic E-state index is 14.2. The molecule has 1 aromatic heterocycles. The number of nitrogens with zero attached hydrogens (tertiary/aromatic N) is 4. The van der Waals surface area contributed by atoms with Gasteiger partial charge in [0.2, 0.25) is 0 Å². The van der Waals surface area contributed by atoms with Gasteiger partial charge in [0.25, 0.3) is 0 Å². The number of nitrogens with one attached hydrogen (secondary N) is 1. The van der Waals surface area contributed by atoms with Crippen molar-refractivity contribution in [1.82, 2.24) is 15.2 Å². The Hall–Kier alpha value is -3.78. The smallest absolute Gasteiger partial charge is 0.328 e. The quantitative estimate of drug-likeness (QED) is 0.447. The Labute approximate surface area is 223 Å². The highest BCUT2D eigenvalue weighted by Gasteiger charge is 2.52. The fourth-order valence-corrected chi connectivity index (χ4v) is 5.38. The van der Waals surface area contributed by atoms with Crippen LogP contribution in [0.1, 0.15) is 37.8 Å². The number of piperidine rings is 1. The molecule has 2 aromatic carbocycles. The van der Waals surface area contributed by atoms with Crippen molar-refractivity contribution >= 4 is 17.6 Å². The molecule has 38 heavy (non-hydrogen) atoms. The molecule has 2 aliphatic heterocycles. The lowest BCUT2D eigenvalue weighted by atomic mass is 9.85. The highest BCUT2D eigenvalue weighted by atomic mass is 19.1. The molecule has 7 nitrogen and oxygen atoms in total. The molecule has 0 radical (unpaired) electrons. The number of halogens is 1. The fraction of sp³-hybridized carbons (Fsp3) is 0.367. The molecule has 0 saturated carbocycles. The summed E-state index contributed by atoms with van der Waals surface area (Å²) >= 11 is 0. The third kappa shape index (κ3) is 5.70. The van der Waals surface area contributed by atoms with E-state index < -0.39 is 5.54 Å². The Kier molecular flexibility index (Phi) is 7.69. The first kappa shape index (κ1) is 25.9. The highest BCUT2D eigenvalue weighted by Crippen LogP contribution is 2.38. The highest BCUT2D eigenvalue weighted by molar-refractivity contribution is 6.19. The summed E-state index contributed by atoms with van der Waals surface area (Å²) < 4.78 is 20.1. The van der Waals surface area contributed by atoms with Crippen molar-refractivity contribution in [1.29, 1.82) is 0 Å². The zero-order chi connectivity index (χ0) is 26.5. The number of likely N-dealkylation sites (tertiary alicyclic amines) is 1. The number of aromatic nitrogens is 1. The van der Waals surface area contributed by atoms with Crippen molar-refractivity contribution in [3.8, 4) is 5.75 Å². The number of urea groups is 1. The monoisotopic (exact) mass is 515 g/mol. The Balaban J connectivity index is 1.36. The van der Waals surface area contributed by atoms with Crippen LogP contribution in [-0.4, -0.2) is 53.0 Å². The number of rotatable bonds is 8. The van der Waals surface area contributed by atoms with Crippen molar-refractivity contribution < 1.29 is 13.9 Å². The number of benzene rings is 2. The van der Waals surface area contributed by atoms with Crippen LogP contribution in [0.4, 0.5) is 14.9 Å². The largest absolute Gasteiger partial charge is 0.491 e. The minimum atomic E-state index is -0.637. The number of amidine groups is 1. The fourth-order valence-electron chi connectivity index (χ4n) is 5.38. The van der Waals surface area contributed by atoms with Gasteiger partial charge in [-0.1, -0.05) is 18.2 Å². The number of hydrogen-bond acceptors (Lipinski definition) is 5.